The highest BCUT2D eigenvalue weighted by atomic mass is 16.3. The monoisotopic (exact) mass is 295 g/mol. The number of hydrogen-bond donors (Lipinski definition) is 2. The zero-order chi connectivity index (χ0) is 16.4. The molecule has 5 heteroatoms. The Morgan fingerprint density at radius 2 is 1.90 bits per heavy atom. The topological polar surface area (TPSA) is 67.2 Å². The SMILES string of the molecule is CC(C)c1cc(C(=O)NC(C)C(C)CO)nn1C(C)(C)C. The molecule has 1 aromatic rings. The van der Waals surface area contributed by atoms with Crippen molar-refractivity contribution in [2.45, 2.75) is 66.0 Å². The Morgan fingerprint density at radius 3 is 2.29 bits per heavy atom. The van der Waals surface area contributed by atoms with Crippen LogP contribution >= 0.6 is 0 Å². The van der Waals surface area contributed by atoms with Gasteiger partial charge in [-0.25, -0.2) is 0 Å². The number of rotatable bonds is 5. The van der Waals surface area contributed by atoms with Crippen molar-refractivity contribution in [2.75, 3.05) is 6.61 Å². The van der Waals surface area contributed by atoms with Crippen LogP contribution in [0.1, 0.15) is 70.6 Å². The third-order valence-corrected chi connectivity index (χ3v) is 3.70. The van der Waals surface area contributed by atoms with Gasteiger partial charge in [0.2, 0.25) is 0 Å². The maximum absolute atomic E-state index is 12.3. The van der Waals surface area contributed by atoms with Crippen molar-refractivity contribution in [1.29, 1.82) is 0 Å². The quantitative estimate of drug-likeness (QED) is 0.877. The first kappa shape index (κ1) is 17.7. The lowest BCUT2D eigenvalue weighted by molar-refractivity contribution is 0.0909. The molecule has 0 saturated heterocycles. The third kappa shape index (κ3) is 4.30. The number of hydrogen-bond acceptors (Lipinski definition) is 3. The molecule has 1 aromatic heterocycles. The second kappa shape index (κ2) is 6.60. The maximum Gasteiger partial charge on any atom is 0.272 e. The molecular weight excluding hydrogens is 266 g/mol. The molecule has 2 unspecified atom stereocenters. The second-order valence-electron chi connectivity index (χ2n) is 7.11. The van der Waals surface area contributed by atoms with Crippen molar-refractivity contribution in [2.24, 2.45) is 5.92 Å². The molecule has 0 spiro atoms. The zero-order valence-corrected chi connectivity index (χ0v) is 14.3. The zero-order valence-electron chi connectivity index (χ0n) is 14.3. The number of aliphatic hydroxyl groups is 1. The summed E-state index contributed by atoms with van der Waals surface area (Å²) >= 11 is 0. The van der Waals surface area contributed by atoms with Crippen LogP contribution < -0.4 is 5.32 Å². The molecule has 1 heterocycles. The van der Waals surface area contributed by atoms with E-state index in [2.05, 4.69) is 45.0 Å². The van der Waals surface area contributed by atoms with Crippen molar-refractivity contribution >= 4 is 5.91 Å². The van der Waals surface area contributed by atoms with E-state index in [-0.39, 0.29) is 30.0 Å². The van der Waals surface area contributed by atoms with Crippen molar-refractivity contribution in [3.8, 4) is 0 Å². The van der Waals surface area contributed by atoms with E-state index in [0.29, 0.717) is 11.6 Å². The summed E-state index contributed by atoms with van der Waals surface area (Å²) < 4.78 is 1.92. The molecule has 1 amide bonds. The molecular formula is C16H29N3O2. The summed E-state index contributed by atoms with van der Waals surface area (Å²) in [5.41, 5.74) is 1.32. The van der Waals surface area contributed by atoms with Gasteiger partial charge in [0.05, 0.1) is 5.54 Å². The molecule has 0 aromatic carbocycles. The molecule has 0 aliphatic heterocycles. The number of aromatic nitrogens is 2. The van der Waals surface area contributed by atoms with Gasteiger partial charge in [0, 0.05) is 18.3 Å². The number of nitrogens with zero attached hydrogens (tertiary/aromatic N) is 2. The Hall–Kier alpha value is -1.36. The summed E-state index contributed by atoms with van der Waals surface area (Å²) in [4.78, 5) is 12.3. The van der Waals surface area contributed by atoms with E-state index in [1.165, 1.54) is 0 Å². The summed E-state index contributed by atoms with van der Waals surface area (Å²) in [5, 5.41) is 16.5. The number of carbonyl (C=O) groups is 1. The fraction of sp³-hybridized carbons (Fsp3) is 0.750. The highest BCUT2D eigenvalue weighted by molar-refractivity contribution is 5.92. The molecule has 0 bridgehead atoms. The third-order valence-electron chi connectivity index (χ3n) is 3.70. The maximum atomic E-state index is 12.3. The van der Waals surface area contributed by atoms with Gasteiger partial charge in [-0.15, -0.1) is 0 Å². The lowest BCUT2D eigenvalue weighted by atomic mass is 10.0. The number of nitrogens with one attached hydrogen (secondary N) is 1. The summed E-state index contributed by atoms with van der Waals surface area (Å²) in [6, 6.07) is 1.77. The highest BCUT2D eigenvalue weighted by Crippen LogP contribution is 2.23. The first-order valence-electron chi connectivity index (χ1n) is 7.60. The molecule has 0 aliphatic rings. The Morgan fingerprint density at radius 1 is 1.33 bits per heavy atom. The molecule has 2 N–H and O–H groups in total. The molecule has 0 fully saturated rings. The van der Waals surface area contributed by atoms with Gasteiger partial charge < -0.3 is 10.4 Å². The molecule has 120 valence electrons. The van der Waals surface area contributed by atoms with Crippen LogP contribution in [0.4, 0.5) is 0 Å². The van der Waals surface area contributed by atoms with Crippen molar-refractivity contribution in [3.63, 3.8) is 0 Å². The minimum absolute atomic E-state index is 0.0169. The van der Waals surface area contributed by atoms with Crippen LogP contribution in [0.3, 0.4) is 0 Å². The first-order chi connectivity index (χ1) is 9.57. The Bertz CT molecular complexity index is 486. The number of carbonyl (C=O) groups excluding carboxylic acids is 1. The largest absolute Gasteiger partial charge is 0.396 e. The Kier molecular flexibility index (Phi) is 5.56. The lowest BCUT2D eigenvalue weighted by Crippen LogP contribution is -2.38. The van der Waals surface area contributed by atoms with Gasteiger partial charge in [-0.2, -0.15) is 5.10 Å². The fourth-order valence-electron chi connectivity index (χ4n) is 2.04. The summed E-state index contributed by atoms with van der Waals surface area (Å²) in [5.74, 6) is 0.128. The summed E-state index contributed by atoms with van der Waals surface area (Å²) in [6.07, 6.45) is 0. The van der Waals surface area contributed by atoms with E-state index in [1.807, 2.05) is 24.6 Å². The van der Waals surface area contributed by atoms with Gasteiger partial charge in [-0.05, 0) is 45.6 Å². The van der Waals surface area contributed by atoms with Gasteiger partial charge >= 0.3 is 0 Å². The van der Waals surface area contributed by atoms with Crippen LogP contribution in [0, 0.1) is 5.92 Å². The standard InChI is InChI=1S/C16H29N3O2/c1-10(2)14-8-13(18-19(14)16(5,6)7)15(21)17-12(4)11(3)9-20/h8,10-12,20H,9H2,1-7H3,(H,17,21). The molecule has 1 rings (SSSR count). The van der Waals surface area contributed by atoms with E-state index in [0.717, 1.165) is 5.69 Å². The predicted octanol–water partition coefficient (Wildman–Crippen LogP) is 2.51. The highest BCUT2D eigenvalue weighted by Gasteiger charge is 2.24. The minimum Gasteiger partial charge on any atom is -0.396 e. The number of amides is 1. The van der Waals surface area contributed by atoms with E-state index in [4.69, 9.17) is 5.11 Å². The fourth-order valence-corrected chi connectivity index (χ4v) is 2.04. The van der Waals surface area contributed by atoms with Gasteiger partial charge in [-0.1, -0.05) is 20.8 Å². The van der Waals surface area contributed by atoms with Gasteiger partial charge in [0.15, 0.2) is 0 Å². The Labute approximate surface area is 127 Å². The number of aliphatic hydroxyl groups excluding tert-OH is 1. The average molecular weight is 295 g/mol. The molecule has 21 heavy (non-hydrogen) atoms. The molecule has 0 aliphatic carbocycles. The summed E-state index contributed by atoms with van der Waals surface area (Å²) in [7, 11) is 0. The van der Waals surface area contributed by atoms with E-state index in [1.54, 1.807) is 0 Å². The van der Waals surface area contributed by atoms with Crippen LogP contribution in [-0.4, -0.2) is 33.4 Å². The second-order valence-corrected chi connectivity index (χ2v) is 7.11. The van der Waals surface area contributed by atoms with Crippen molar-refractivity contribution in [3.05, 3.63) is 17.5 Å². The van der Waals surface area contributed by atoms with Crippen LogP contribution in [0.25, 0.3) is 0 Å². The van der Waals surface area contributed by atoms with Crippen LogP contribution in [0.15, 0.2) is 6.07 Å². The minimum atomic E-state index is -0.187. The van der Waals surface area contributed by atoms with E-state index < -0.39 is 0 Å². The van der Waals surface area contributed by atoms with E-state index in [9.17, 15) is 4.79 Å². The molecule has 5 nitrogen and oxygen atoms in total. The van der Waals surface area contributed by atoms with Gasteiger partial charge in [0.1, 0.15) is 5.69 Å². The van der Waals surface area contributed by atoms with Crippen molar-refractivity contribution in [1.82, 2.24) is 15.1 Å². The van der Waals surface area contributed by atoms with Crippen LogP contribution in [0.2, 0.25) is 0 Å². The Balaban J connectivity index is 3.01. The van der Waals surface area contributed by atoms with Gasteiger partial charge in [-0.3, -0.25) is 9.48 Å². The summed E-state index contributed by atoms with van der Waals surface area (Å²) in [6.45, 7) is 14.3. The molecule has 0 saturated carbocycles. The van der Waals surface area contributed by atoms with Crippen LogP contribution in [-0.2, 0) is 5.54 Å². The van der Waals surface area contributed by atoms with E-state index >= 15 is 0 Å². The molecule has 2 atom stereocenters. The molecule has 0 radical (unpaired) electrons. The van der Waals surface area contributed by atoms with Crippen LogP contribution in [0.5, 0.6) is 0 Å². The first-order valence-corrected chi connectivity index (χ1v) is 7.60. The predicted molar refractivity (Wildman–Crippen MR) is 84.5 cm³/mol. The smallest absolute Gasteiger partial charge is 0.272 e. The average Bonchev–Trinajstić information content (AvgIpc) is 2.82. The van der Waals surface area contributed by atoms with Crippen molar-refractivity contribution < 1.29 is 9.90 Å². The lowest BCUT2D eigenvalue weighted by Gasteiger charge is -2.23. The van der Waals surface area contributed by atoms with Gasteiger partial charge in [0.25, 0.3) is 5.91 Å². The normalized spacial score (nSPS) is 15.1.